The third kappa shape index (κ3) is 1.42. The first-order valence-corrected chi connectivity index (χ1v) is 3.96. The molecule has 0 aliphatic heterocycles. The summed E-state index contributed by atoms with van der Waals surface area (Å²) in [4.78, 5) is 8.05. The largest absolute Gasteiger partial charge is 0.339 e. The fraction of sp³-hybridized carbons (Fsp3) is 0.429. The van der Waals surface area contributed by atoms with E-state index in [0.29, 0.717) is 17.5 Å². The second-order valence-electron chi connectivity index (χ2n) is 2.95. The molecular formula is C7H9N5O. The molecule has 0 fully saturated rings. The molecule has 0 bridgehead atoms. The number of hydrogen-bond acceptors (Lipinski definition) is 5. The van der Waals surface area contributed by atoms with Crippen molar-refractivity contribution in [3.05, 3.63) is 12.2 Å². The second-order valence-corrected chi connectivity index (χ2v) is 2.95. The van der Waals surface area contributed by atoms with Crippen molar-refractivity contribution < 1.29 is 4.52 Å². The first-order chi connectivity index (χ1) is 6.27. The predicted molar refractivity (Wildman–Crippen MR) is 43.8 cm³/mol. The number of nitrogens with zero attached hydrogens (tertiary/aromatic N) is 4. The Kier molecular flexibility index (Phi) is 1.80. The molecule has 0 atom stereocenters. The zero-order valence-electron chi connectivity index (χ0n) is 7.35. The van der Waals surface area contributed by atoms with E-state index in [-0.39, 0.29) is 5.92 Å². The van der Waals surface area contributed by atoms with Gasteiger partial charge in [-0.3, -0.25) is 5.10 Å². The first kappa shape index (κ1) is 7.90. The van der Waals surface area contributed by atoms with Crippen molar-refractivity contribution >= 4 is 0 Å². The molecule has 2 aromatic heterocycles. The first-order valence-electron chi connectivity index (χ1n) is 3.96. The van der Waals surface area contributed by atoms with Crippen molar-refractivity contribution in [3.8, 4) is 11.6 Å². The highest BCUT2D eigenvalue weighted by molar-refractivity contribution is 5.39. The monoisotopic (exact) mass is 179 g/mol. The quantitative estimate of drug-likeness (QED) is 0.743. The molecule has 0 radical (unpaired) electrons. The summed E-state index contributed by atoms with van der Waals surface area (Å²) in [5.74, 6) is 1.80. The van der Waals surface area contributed by atoms with E-state index in [1.807, 2.05) is 13.8 Å². The van der Waals surface area contributed by atoms with Gasteiger partial charge in [-0.25, -0.2) is 4.98 Å². The summed E-state index contributed by atoms with van der Waals surface area (Å²) < 4.78 is 5.00. The molecule has 0 saturated heterocycles. The highest BCUT2D eigenvalue weighted by Crippen LogP contribution is 2.15. The van der Waals surface area contributed by atoms with Crippen LogP contribution in [0.2, 0.25) is 0 Å². The van der Waals surface area contributed by atoms with Gasteiger partial charge < -0.3 is 4.52 Å². The minimum absolute atomic E-state index is 0.226. The van der Waals surface area contributed by atoms with Crippen LogP contribution in [-0.2, 0) is 0 Å². The van der Waals surface area contributed by atoms with E-state index in [1.54, 1.807) is 0 Å². The van der Waals surface area contributed by atoms with Crippen LogP contribution < -0.4 is 0 Å². The number of aromatic nitrogens is 5. The minimum atomic E-state index is 0.226. The fourth-order valence-corrected chi connectivity index (χ4v) is 0.879. The molecule has 0 unspecified atom stereocenters. The van der Waals surface area contributed by atoms with E-state index in [2.05, 4.69) is 25.3 Å². The van der Waals surface area contributed by atoms with Crippen LogP contribution in [-0.4, -0.2) is 25.3 Å². The van der Waals surface area contributed by atoms with Crippen LogP contribution in [0.5, 0.6) is 0 Å². The van der Waals surface area contributed by atoms with Crippen molar-refractivity contribution in [1.82, 2.24) is 25.3 Å². The average Bonchev–Trinajstić information content (AvgIpc) is 2.75. The third-order valence-corrected chi connectivity index (χ3v) is 1.56. The SMILES string of the molecule is CC(C)c1nc(-c2ncn[nH]2)no1. The van der Waals surface area contributed by atoms with E-state index in [4.69, 9.17) is 4.52 Å². The molecule has 6 nitrogen and oxygen atoms in total. The Morgan fingerprint density at radius 1 is 1.46 bits per heavy atom. The van der Waals surface area contributed by atoms with Gasteiger partial charge in [-0.1, -0.05) is 19.0 Å². The summed E-state index contributed by atoms with van der Waals surface area (Å²) in [6, 6.07) is 0. The van der Waals surface area contributed by atoms with Crippen molar-refractivity contribution in [3.63, 3.8) is 0 Å². The van der Waals surface area contributed by atoms with Gasteiger partial charge in [0.25, 0.3) is 0 Å². The van der Waals surface area contributed by atoms with Gasteiger partial charge >= 0.3 is 0 Å². The van der Waals surface area contributed by atoms with Gasteiger partial charge in [-0.15, -0.1) is 0 Å². The number of hydrogen-bond donors (Lipinski definition) is 1. The zero-order valence-corrected chi connectivity index (χ0v) is 7.35. The summed E-state index contributed by atoms with van der Waals surface area (Å²) in [6.07, 6.45) is 1.40. The molecule has 6 heteroatoms. The van der Waals surface area contributed by atoms with Gasteiger partial charge in [0.15, 0.2) is 5.82 Å². The Balaban J connectivity index is 2.33. The lowest BCUT2D eigenvalue weighted by atomic mass is 10.2. The Hall–Kier alpha value is -1.72. The van der Waals surface area contributed by atoms with Crippen LogP contribution in [0.15, 0.2) is 10.9 Å². The minimum Gasteiger partial charge on any atom is -0.339 e. The number of H-pyrrole nitrogens is 1. The maximum Gasteiger partial charge on any atom is 0.239 e. The Morgan fingerprint density at radius 3 is 2.85 bits per heavy atom. The van der Waals surface area contributed by atoms with E-state index >= 15 is 0 Å². The van der Waals surface area contributed by atoms with E-state index in [9.17, 15) is 0 Å². The van der Waals surface area contributed by atoms with Crippen LogP contribution in [0.1, 0.15) is 25.7 Å². The van der Waals surface area contributed by atoms with Crippen LogP contribution in [0.3, 0.4) is 0 Å². The maximum absolute atomic E-state index is 5.00. The highest BCUT2D eigenvalue weighted by atomic mass is 16.5. The van der Waals surface area contributed by atoms with Crippen LogP contribution in [0.4, 0.5) is 0 Å². The maximum atomic E-state index is 5.00. The number of nitrogens with one attached hydrogen (secondary N) is 1. The normalized spacial score (nSPS) is 11.0. The van der Waals surface area contributed by atoms with Crippen molar-refractivity contribution in [2.45, 2.75) is 19.8 Å². The Labute approximate surface area is 74.4 Å². The molecular weight excluding hydrogens is 170 g/mol. The summed E-state index contributed by atoms with van der Waals surface area (Å²) >= 11 is 0. The van der Waals surface area contributed by atoms with Gasteiger partial charge in [0, 0.05) is 5.92 Å². The third-order valence-electron chi connectivity index (χ3n) is 1.56. The van der Waals surface area contributed by atoms with E-state index in [0.717, 1.165) is 0 Å². The summed E-state index contributed by atoms with van der Waals surface area (Å²) in [5, 5.41) is 10.1. The van der Waals surface area contributed by atoms with Crippen LogP contribution in [0, 0.1) is 0 Å². The van der Waals surface area contributed by atoms with Gasteiger partial charge in [0.1, 0.15) is 6.33 Å². The van der Waals surface area contributed by atoms with Crippen LogP contribution >= 0.6 is 0 Å². The molecule has 0 aliphatic rings. The molecule has 2 rings (SSSR count). The van der Waals surface area contributed by atoms with Gasteiger partial charge in [0.05, 0.1) is 0 Å². The molecule has 1 N–H and O–H groups in total. The molecule has 2 aromatic rings. The molecule has 2 heterocycles. The van der Waals surface area contributed by atoms with Crippen molar-refractivity contribution in [2.75, 3.05) is 0 Å². The summed E-state index contributed by atoms with van der Waals surface area (Å²) in [6.45, 7) is 3.97. The topological polar surface area (TPSA) is 80.5 Å². The summed E-state index contributed by atoms with van der Waals surface area (Å²) in [5.41, 5.74) is 0. The van der Waals surface area contributed by atoms with Crippen molar-refractivity contribution in [1.29, 1.82) is 0 Å². The van der Waals surface area contributed by atoms with Crippen molar-refractivity contribution in [2.24, 2.45) is 0 Å². The Bertz CT molecular complexity index is 377. The van der Waals surface area contributed by atoms with Gasteiger partial charge in [0.2, 0.25) is 11.7 Å². The van der Waals surface area contributed by atoms with Crippen LogP contribution in [0.25, 0.3) is 11.6 Å². The predicted octanol–water partition coefficient (Wildman–Crippen LogP) is 0.978. The molecule has 0 aliphatic carbocycles. The van der Waals surface area contributed by atoms with Gasteiger partial charge in [-0.05, 0) is 0 Å². The second kappa shape index (κ2) is 2.96. The lowest BCUT2D eigenvalue weighted by Gasteiger charge is -1.91. The number of aromatic amines is 1. The van der Waals surface area contributed by atoms with E-state index in [1.165, 1.54) is 6.33 Å². The Morgan fingerprint density at radius 2 is 2.31 bits per heavy atom. The zero-order chi connectivity index (χ0) is 9.26. The smallest absolute Gasteiger partial charge is 0.239 e. The lowest BCUT2D eigenvalue weighted by molar-refractivity contribution is 0.365. The standard InChI is InChI=1S/C7H9N5O/c1-4(2)7-10-6(12-13-7)5-8-3-9-11-5/h3-4H,1-2H3,(H,8,9,11). The number of rotatable bonds is 2. The van der Waals surface area contributed by atoms with E-state index < -0.39 is 0 Å². The molecule has 68 valence electrons. The molecule has 0 spiro atoms. The lowest BCUT2D eigenvalue weighted by Crippen LogP contribution is -1.87. The summed E-state index contributed by atoms with van der Waals surface area (Å²) in [7, 11) is 0. The fourth-order valence-electron chi connectivity index (χ4n) is 0.879. The molecule has 0 amide bonds. The highest BCUT2D eigenvalue weighted by Gasteiger charge is 2.12. The average molecular weight is 179 g/mol. The molecule has 0 saturated carbocycles. The van der Waals surface area contributed by atoms with Gasteiger partial charge in [-0.2, -0.15) is 10.1 Å². The molecule has 0 aromatic carbocycles. The molecule has 13 heavy (non-hydrogen) atoms.